The topological polar surface area (TPSA) is 129 Å². The molecule has 7 rings (SSSR count). The van der Waals surface area contributed by atoms with Crippen molar-refractivity contribution in [1.82, 2.24) is 23.7 Å². The SMILES string of the molecule is Cc1ccc(S(=O)(=O)n2c(C(=O)c3cnn(-c4ccc5nc(C)[nH]c5c4)c3N)cc3ccc(-c4ccc(Cl)cc4)cc32)cc1. The lowest BCUT2D eigenvalue weighted by atomic mass is 10.0. The second kappa shape index (κ2) is 10.2. The van der Waals surface area contributed by atoms with E-state index in [9.17, 15) is 13.2 Å². The standard InChI is InChI=1S/C33H25ClN6O3S/c1-19-3-12-26(13-4-19)44(42,43)40-30-15-22(21-7-9-24(34)10-8-21)5-6-23(30)16-31(40)32(41)27-18-36-39(33(27)35)25-11-14-28-29(17-25)38-20(2)37-28/h3-18H,35H2,1-2H3,(H,37,38). The number of benzene rings is 4. The van der Waals surface area contributed by atoms with Crippen molar-refractivity contribution in [2.24, 2.45) is 0 Å². The molecule has 0 spiro atoms. The third-order valence-corrected chi connectivity index (χ3v) is 9.60. The van der Waals surface area contributed by atoms with Gasteiger partial charge in [0.05, 0.1) is 38.9 Å². The summed E-state index contributed by atoms with van der Waals surface area (Å²) in [7, 11) is -4.21. The van der Waals surface area contributed by atoms with Gasteiger partial charge in [0.15, 0.2) is 0 Å². The van der Waals surface area contributed by atoms with Crippen molar-refractivity contribution in [3.8, 4) is 16.8 Å². The van der Waals surface area contributed by atoms with Crippen molar-refractivity contribution in [2.75, 3.05) is 5.73 Å². The fourth-order valence-electron chi connectivity index (χ4n) is 5.37. The number of rotatable bonds is 6. The van der Waals surface area contributed by atoms with Crippen LogP contribution in [-0.2, 0) is 10.0 Å². The van der Waals surface area contributed by atoms with Crippen molar-refractivity contribution in [3.63, 3.8) is 0 Å². The lowest BCUT2D eigenvalue weighted by molar-refractivity contribution is 0.103. The maximum Gasteiger partial charge on any atom is 0.268 e. The maximum absolute atomic E-state index is 14.2. The number of nitrogen functional groups attached to an aromatic ring is 1. The van der Waals surface area contributed by atoms with E-state index < -0.39 is 15.8 Å². The van der Waals surface area contributed by atoms with Gasteiger partial charge >= 0.3 is 0 Å². The average Bonchev–Trinajstić information content (AvgIpc) is 3.70. The van der Waals surface area contributed by atoms with Gasteiger partial charge in [-0.05, 0) is 79.6 Å². The molecule has 4 aromatic carbocycles. The van der Waals surface area contributed by atoms with Crippen LogP contribution < -0.4 is 5.73 Å². The van der Waals surface area contributed by atoms with E-state index in [1.807, 2.05) is 44.2 Å². The molecule has 7 aromatic rings. The van der Waals surface area contributed by atoms with Gasteiger partial charge in [0.1, 0.15) is 17.3 Å². The third kappa shape index (κ3) is 4.55. The highest BCUT2D eigenvalue weighted by molar-refractivity contribution is 7.90. The van der Waals surface area contributed by atoms with Crippen molar-refractivity contribution >= 4 is 55.2 Å². The highest BCUT2D eigenvalue weighted by Gasteiger charge is 2.29. The quantitative estimate of drug-likeness (QED) is 0.199. The molecule has 3 heterocycles. The molecule has 0 radical (unpaired) electrons. The number of aryl methyl sites for hydroxylation is 2. The van der Waals surface area contributed by atoms with E-state index in [-0.39, 0.29) is 22.0 Å². The number of nitrogens with two attached hydrogens (primary N) is 1. The van der Waals surface area contributed by atoms with E-state index in [0.29, 0.717) is 21.6 Å². The molecule has 0 atom stereocenters. The van der Waals surface area contributed by atoms with Crippen LogP contribution in [0.15, 0.2) is 102 Å². The summed E-state index contributed by atoms with van der Waals surface area (Å²) >= 11 is 6.09. The molecule has 0 unspecified atom stereocenters. The van der Waals surface area contributed by atoms with Crippen LogP contribution in [0.4, 0.5) is 5.82 Å². The number of carbonyl (C=O) groups is 1. The second-order valence-electron chi connectivity index (χ2n) is 10.6. The van der Waals surface area contributed by atoms with Crippen molar-refractivity contribution < 1.29 is 13.2 Å². The Hall–Kier alpha value is -5.19. The van der Waals surface area contributed by atoms with Gasteiger partial charge in [0, 0.05) is 10.4 Å². The second-order valence-corrected chi connectivity index (χ2v) is 12.8. The number of H-pyrrole nitrogens is 1. The Bertz CT molecular complexity index is 2350. The van der Waals surface area contributed by atoms with Gasteiger partial charge in [-0.25, -0.2) is 22.1 Å². The molecule has 0 aliphatic rings. The van der Waals surface area contributed by atoms with Crippen LogP contribution in [0.25, 0.3) is 38.8 Å². The third-order valence-electron chi connectivity index (χ3n) is 7.61. The van der Waals surface area contributed by atoms with E-state index in [0.717, 1.165) is 37.5 Å². The average molecular weight is 621 g/mol. The molecule has 0 saturated heterocycles. The predicted octanol–water partition coefficient (Wildman–Crippen LogP) is 6.69. The Labute approximate surface area is 257 Å². The molecule has 0 amide bonds. The smallest absolute Gasteiger partial charge is 0.268 e. The first-order chi connectivity index (χ1) is 21.1. The molecule has 0 bridgehead atoms. The lowest BCUT2D eigenvalue weighted by Gasteiger charge is -2.13. The summed E-state index contributed by atoms with van der Waals surface area (Å²) in [6, 6.07) is 26.2. The van der Waals surface area contributed by atoms with Gasteiger partial charge in [-0.15, -0.1) is 0 Å². The maximum atomic E-state index is 14.2. The van der Waals surface area contributed by atoms with Crippen LogP contribution in [0.1, 0.15) is 27.4 Å². The number of nitrogens with one attached hydrogen (secondary N) is 1. The summed E-state index contributed by atoms with van der Waals surface area (Å²) in [5, 5.41) is 5.55. The summed E-state index contributed by atoms with van der Waals surface area (Å²) in [6.45, 7) is 3.74. The summed E-state index contributed by atoms with van der Waals surface area (Å²) in [5.41, 5.74) is 11.6. The van der Waals surface area contributed by atoms with Gasteiger partial charge in [0.25, 0.3) is 10.0 Å². The Kier molecular flexibility index (Phi) is 6.42. The molecule has 9 nitrogen and oxygen atoms in total. The number of nitrogens with zero attached hydrogens (tertiary/aromatic N) is 4. The largest absolute Gasteiger partial charge is 0.383 e. The van der Waals surface area contributed by atoms with Crippen LogP contribution in [0.5, 0.6) is 0 Å². The van der Waals surface area contributed by atoms with Crippen LogP contribution in [-0.4, -0.2) is 37.9 Å². The zero-order valence-corrected chi connectivity index (χ0v) is 25.2. The van der Waals surface area contributed by atoms with Gasteiger partial charge in [-0.2, -0.15) is 5.10 Å². The molecular formula is C33H25ClN6O3S. The van der Waals surface area contributed by atoms with E-state index in [2.05, 4.69) is 15.1 Å². The summed E-state index contributed by atoms with van der Waals surface area (Å²) in [6.07, 6.45) is 1.36. The summed E-state index contributed by atoms with van der Waals surface area (Å²) < 4.78 is 31.0. The van der Waals surface area contributed by atoms with E-state index in [1.165, 1.54) is 23.0 Å². The Morgan fingerprint density at radius 2 is 1.61 bits per heavy atom. The first-order valence-electron chi connectivity index (χ1n) is 13.7. The predicted molar refractivity (Wildman–Crippen MR) is 172 cm³/mol. The van der Waals surface area contributed by atoms with Gasteiger partial charge in [0.2, 0.25) is 5.78 Å². The van der Waals surface area contributed by atoms with Gasteiger partial charge in [-0.3, -0.25) is 4.79 Å². The Morgan fingerprint density at radius 1 is 0.886 bits per heavy atom. The van der Waals surface area contributed by atoms with Crippen molar-refractivity contribution in [2.45, 2.75) is 18.7 Å². The number of imidazole rings is 1. The van der Waals surface area contributed by atoms with E-state index in [1.54, 1.807) is 48.5 Å². The molecule has 3 N–H and O–H groups in total. The normalized spacial score (nSPS) is 11.9. The molecular weight excluding hydrogens is 596 g/mol. The molecule has 0 aliphatic heterocycles. The number of fused-ring (bicyclic) bond motifs is 2. The zero-order chi connectivity index (χ0) is 30.7. The zero-order valence-electron chi connectivity index (χ0n) is 23.6. The van der Waals surface area contributed by atoms with Crippen molar-refractivity contribution in [3.05, 3.63) is 125 Å². The number of aromatic nitrogens is 5. The molecule has 11 heteroatoms. The fraction of sp³-hybridized carbons (Fsp3) is 0.0606. The minimum Gasteiger partial charge on any atom is -0.383 e. The van der Waals surface area contributed by atoms with Crippen LogP contribution in [0.3, 0.4) is 0 Å². The number of halogens is 1. The Morgan fingerprint density at radius 3 is 2.36 bits per heavy atom. The molecule has 0 saturated carbocycles. The minimum atomic E-state index is -4.21. The number of anilines is 1. The molecule has 0 fully saturated rings. The highest BCUT2D eigenvalue weighted by Crippen LogP contribution is 2.33. The molecule has 3 aromatic heterocycles. The molecule has 44 heavy (non-hydrogen) atoms. The number of carbonyl (C=O) groups excluding carboxylic acids is 1. The number of aromatic amines is 1. The lowest BCUT2D eigenvalue weighted by Crippen LogP contribution is -2.19. The Balaban J connectivity index is 1.40. The monoisotopic (exact) mass is 620 g/mol. The fourth-order valence-corrected chi connectivity index (χ4v) is 6.99. The summed E-state index contributed by atoms with van der Waals surface area (Å²) in [4.78, 5) is 21.9. The van der Waals surface area contributed by atoms with Gasteiger partial charge < -0.3 is 10.7 Å². The highest BCUT2D eigenvalue weighted by atomic mass is 35.5. The first-order valence-corrected chi connectivity index (χ1v) is 15.5. The first kappa shape index (κ1) is 27.6. The van der Waals surface area contributed by atoms with Crippen LogP contribution >= 0.6 is 11.6 Å². The summed E-state index contributed by atoms with van der Waals surface area (Å²) in [5.74, 6) is 0.271. The molecule has 218 valence electrons. The van der Waals surface area contributed by atoms with E-state index >= 15 is 0 Å². The van der Waals surface area contributed by atoms with E-state index in [4.69, 9.17) is 17.3 Å². The van der Waals surface area contributed by atoms with Crippen LogP contribution in [0, 0.1) is 13.8 Å². The molecule has 0 aliphatic carbocycles. The number of ketones is 1. The number of hydrogen-bond acceptors (Lipinski definition) is 6. The van der Waals surface area contributed by atoms with Gasteiger partial charge in [-0.1, -0.05) is 53.6 Å². The van der Waals surface area contributed by atoms with Crippen LogP contribution in [0.2, 0.25) is 5.02 Å². The van der Waals surface area contributed by atoms with Crippen molar-refractivity contribution in [1.29, 1.82) is 0 Å². The minimum absolute atomic E-state index is 0.0540. The number of hydrogen-bond donors (Lipinski definition) is 2.